The number of carbonyl (C=O) groups is 6. The van der Waals surface area contributed by atoms with Gasteiger partial charge < -0.3 is 52.2 Å². The average Bonchev–Trinajstić information content (AvgIpc) is 3.70. The summed E-state index contributed by atoms with van der Waals surface area (Å²) in [6.45, 7) is 9.67. The fourth-order valence-corrected chi connectivity index (χ4v) is 6.93. The molecule has 302 valence electrons. The smallest absolute Gasteiger partial charge is 0.325 e. The predicted octanol–water partition coefficient (Wildman–Crippen LogP) is -1.95. The number of carbonyl (C=O) groups excluding carboxylic acids is 6. The molecule has 18 heteroatoms. The van der Waals surface area contributed by atoms with Crippen LogP contribution in [0.5, 0.6) is 0 Å². The molecule has 5 heterocycles. The topological polar surface area (TPSA) is 224 Å². The second kappa shape index (κ2) is 19.5. The highest BCUT2D eigenvalue weighted by Gasteiger charge is 2.35. The molecule has 0 aliphatic carbocycles. The zero-order valence-electron chi connectivity index (χ0n) is 31.5. The molecule has 5 aliphatic rings. The number of nitrogens with zero attached hydrogens (tertiary/aromatic N) is 2. The molecule has 2 aromatic rings. The lowest BCUT2D eigenvalue weighted by Crippen LogP contribution is -2.66. The van der Waals surface area contributed by atoms with Gasteiger partial charge in [-0.15, -0.1) is 10.1 Å². The lowest BCUT2D eigenvalue weighted by Gasteiger charge is -2.39. The second-order valence-corrected chi connectivity index (χ2v) is 14.6. The molecule has 0 aromatic heterocycles. The molecule has 18 nitrogen and oxygen atoms in total. The van der Waals surface area contributed by atoms with Gasteiger partial charge in [0.05, 0.1) is 22.2 Å². The molecule has 0 radical (unpaired) electrons. The first-order valence-corrected chi connectivity index (χ1v) is 19.2. The summed E-state index contributed by atoms with van der Waals surface area (Å²) in [5.41, 5.74) is 1.73. The van der Waals surface area contributed by atoms with Crippen LogP contribution >= 0.6 is 0 Å². The summed E-state index contributed by atoms with van der Waals surface area (Å²) < 4.78 is 0. The molecule has 5 fully saturated rings. The predicted molar refractivity (Wildman–Crippen MR) is 202 cm³/mol. The maximum Gasteiger partial charge on any atom is 0.363 e. The lowest BCUT2D eigenvalue weighted by molar-refractivity contribution is -0.173. The molecule has 4 amide bonds. The molecular formula is C38H52N10O8. The van der Waals surface area contributed by atoms with Crippen molar-refractivity contribution in [2.75, 3.05) is 78.5 Å². The number of benzene rings is 2. The van der Waals surface area contributed by atoms with E-state index < -0.39 is 35.6 Å². The molecule has 0 unspecified atom stereocenters. The Morgan fingerprint density at radius 2 is 0.750 bits per heavy atom. The van der Waals surface area contributed by atoms with E-state index in [1.54, 1.807) is 24.3 Å². The van der Waals surface area contributed by atoms with Crippen molar-refractivity contribution in [3.63, 3.8) is 0 Å². The van der Waals surface area contributed by atoms with Gasteiger partial charge in [0.2, 0.25) is 0 Å². The van der Waals surface area contributed by atoms with Crippen LogP contribution in [0.25, 0.3) is 0 Å². The number of nitrogens with one attached hydrogen (secondary N) is 8. The zero-order chi connectivity index (χ0) is 39.4. The number of rotatable bonds is 10. The fraction of sp³-hybridized carbons (Fsp3) is 0.526. The highest BCUT2D eigenvalue weighted by molar-refractivity contribution is 6.03. The van der Waals surface area contributed by atoms with Gasteiger partial charge in [-0.05, 0) is 35.4 Å². The molecule has 0 atom stereocenters. The van der Waals surface area contributed by atoms with Crippen LogP contribution in [0.15, 0.2) is 48.5 Å². The van der Waals surface area contributed by atoms with Gasteiger partial charge in [0.1, 0.15) is 0 Å². The first kappa shape index (κ1) is 41.0. The fourth-order valence-electron chi connectivity index (χ4n) is 6.93. The van der Waals surface area contributed by atoms with Gasteiger partial charge in [-0.3, -0.25) is 19.2 Å². The molecule has 2 aromatic carbocycles. The Hall–Kier alpha value is -4.66. The van der Waals surface area contributed by atoms with Gasteiger partial charge in [0.15, 0.2) is 0 Å². The van der Waals surface area contributed by atoms with Gasteiger partial charge in [-0.2, -0.15) is 0 Å². The Morgan fingerprint density at radius 3 is 1.02 bits per heavy atom. The van der Waals surface area contributed by atoms with Crippen molar-refractivity contribution in [1.29, 1.82) is 0 Å². The Balaban J connectivity index is 1.03. The summed E-state index contributed by atoms with van der Waals surface area (Å²) in [6.07, 6.45) is 0.161. The third-order valence-electron chi connectivity index (χ3n) is 10.3. The van der Waals surface area contributed by atoms with Gasteiger partial charge in [0.25, 0.3) is 23.6 Å². The Morgan fingerprint density at radius 1 is 0.482 bits per heavy atom. The first-order valence-electron chi connectivity index (χ1n) is 19.2. The molecule has 2 bridgehead atoms. The third kappa shape index (κ3) is 11.0. The minimum absolute atomic E-state index is 0.0402. The largest absolute Gasteiger partial charge is 0.363 e. The molecule has 0 spiro atoms. The Labute approximate surface area is 325 Å². The van der Waals surface area contributed by atoms with E-state index in [1.807, 2.05) is 24.3 Å². The standard InChI is InChI=1S/C38H52N10O8/c49-31-9-10-32(50)47(31)55-35(53)29-5-1-27(2-6-29)19-45-37-21-39-13-16-42-24-38(25-43-17-14-40-22-37,26-44-18-15-41-23-37)46-20-28-3-7-30(8-4-28)36(54)56-48-33(51)11-12-34(48)52/h1-8,39-46H,9-26H2. The summed E-state index contributed by atoms with van der Waals surface area (Å²) in [7, 11) is 0. The van der Waals surface area contributed by atoms with Crippen molar-refractivity contribution in [3.8, 4) is 0 Å². The van der Waals surface area contributed by atoms with Crippen LogP contribution < -0.4 is 42.5 Å². The third-order valence-corrected chi connectivity index (χ3v) is 10.3. The summed E-state index contributed by atoms with van der Waals surface area (Å²) in [4.78, 5) is 82.7. The van der Waals surface area contributed by atoms with Crippen LogP contribution in [0.4, 0.5) is 0 Å². The van der Waals surface area contributed by atoms with E-state index in [0.29, 0.717) is 62.5 Å². The van der Waals surface area contributed by atoms with Crippen LogP contribution in [0.1, 0.15) is 57.5 Å². The molecule has 0 saturated carbocycles. The van der Waals surface area contributed by atoms with Crippen molar-refractivity contribution in [2.24, 2.45) is 0 Å². The van der Waals surface area contributed by atoms with Gasteiger partial charge in [0, 0.05) is 117 Å². The number of amides is 4. The van der Waals surface area contributed by atoms with E-state index in [0.717, 1.165) is 50.4 Å². The summed E-state index contributed by atoms with van der Waals surface area (Å²) in [5.74, 6) is -3.57. The van der Waals surface area contributed by atoms with Crippen molar-refractivity contribution >= 4 is 35.6 Å². The maximum atomic E-state index is 12.6. The highest BCUT2D eigenvalue weighted by atomic mass is 16.7. The minimum Gasteiger partial charge on any atom is -0.325 e. The molecule has 5 aliphatic heterocycles. The van der Waals surface area contributed by atoms with Crippen LogP contribution in [0, 0.1) is 0 Å². The number of hydroxylamine groups is 4. The zero-order valence-corrected chi connectivity index (χ0v) is 31.5. The van der Waals surface area contributed by atoms with E-state index in [4.69, 9.17) is 9.68 Å². The van der Waals surface area contributed by atoms with E-state index >= 15 is 0 Å². The van der Waals surface area contributed by atoms with Gasteiger partial charge in [-0.25, -0.2) is 9.59 Å². The van der Waals surface area contributed by atoms with Crippen molar-refractivity contribution < 1.29 is 38.4 Å². The van der Waals surface area contributed by atoms with Crippen molar-refractivity contribution in [3.05, 3.63) is 70.8 Å². The first-order chi connectivity index (χ1) is 27.1. The molecule has 5 saturated heterocycles. The van der Waals surface area contributed by atoms with Crippen LogP contribution in [0.2, 0.25) is 0 Å². The number of imide groups is 2. The van der Waals surface area contributed by atoms with Crippen molar-refractivity contribution in [1.82, 2.24) is 52.7 Å². The monoisotopic (exact) mass is 776 g/mol. The minimum atomic E-state index is -0.754. The number of fused-ring (bicyclic) bond motifs is 15. The molecule has 56 heavy (non-hydrogen) atoms. The van der Waals surface area contributed by atoms with Crippen LogP contribution in [-0.4, -0.2) is 135 Å². The van der Waals surface area contributed by atoms with E-state index in [9.17, 15) is 28.8 Å². The lowest BCUT2D eigenvalue weighted by atomic mass is 9.96. The van der Waals surface area contributed by atoms with Crippen LogP contribution in [-0.2, 0) is 41.9 Å². The second-order valence-electron chi connectivity index (χ2n) is 14.6. The molecule has 8 N–H and O–H groups in total. The summed E-state index contributed by atoms with van der Waals surface area (Å²) >= 11 is 0. The van der Waals surface area contributed by atoms with Gasteiger partial charge in [-0.1, -0.05) is 24.3 Å². The van der Waals surface area contributed by atoms with E-state index in [1.165, 1.54) is 0 Å². The van der Waals surface area contributed by atoms with Crippen molar-refractivity contribution in [2.45, 2.75) is 49.9 Å². The number of hydrogen-bond donors (Lipinski definition) is 8. The highest BCUT2D eigenvalue weighted by Crippen LogP contribution is 2.17. The van der Waals surface area contributed by atoms with Crippen LogP contribution in [0.3, 0.4) is 0 Å². The summed E-state index contributed by atoms with van der Waals surface area (Å²) in [5, 5.41) is 30.6. The number of hydrogen-bond acceptors (Lipinski definition) is 16. The van der Waals surface area contributed by atoms with E-state index in [-0.39, 0.29) is 47.9 Å². The Kier molecular flexibility index (Phi) is 14.2. The SMILES string of the molecule is O=C(ON1C(=O)CCC1=O)c1ccc(CNC23CNCCNCC(NCc4ccc(C(=O)ON5C(=O)CCC5=O)cc4)(CNCCNC2)CNCCNC3)cc1. The molecular weight excluding hydrogens is 724 g/mol. The van der Waals surface area contributed by atoms with E-state index in [2.05, 4.69) is 42.5 Å². The maximum absolute atomic E-state index is 12.6. The normalized spacial score (nSPS) is 24.6. The Bertz CT molecular complexity index is 1520. The quantitative estimate of drug-likeness (QED) is 0.123. The molecule has 7 rings (SSSR count). The average molecular weight is 777 g/mol. The summed E-state index contributed by atoms with van der Waals surface area (Å²) in [6, 6.07) is 13.9. The van der Waals surface area contributed by atoms with Gasteiger partial charge >= 0.3 is 11.9 Å².